The molecule has 0 atom stereocenters. The molecule has 1 aliphatic rings. The highest BCUT2D eigenvalue weighted by atomic mass is 16.5. The molecule has 0 bridgehead atoms. The van der Waals surface area contributed by atoms with E-state index in [1.165, 1.54) is 5.56 Å². The number of carbonyl (C=O) groups is 1. The Labute approximate surface area is 136 Å². The molecule has 0 aromatic heterocycles. The summed E-state index contributed by atoms with van der Waals surface area (Å²) in [6.07, 6.45) is 1.69. The molecule has 4 heteroatoms. The SMILES string of the molecule is COc1ccc(C2(C(=O)Nc3ccc(C)cc3)CC2)cc1OC. The Morgan fingerprint density at radius 2 is 1.65 bits per heavy atom. The van der Waals surface area contributed by atoms with E-state index in [2.05, 4.69) is 5.32 Å². The molecule has 0 heterocycles. The Hall–Kier alpha value is -2.49. The molecule has 0 aliphatic heterocycles. The largest absolute Gasteiger partial charge is 0.493 e. The minimum Gasteiger partial charge on any atom is -0.493 e. The first-order chi connectivity index (χ1) is 11.1. The van der Waals surface area contributed by atoms with Gasteiger partial charge in [-0.15, -0.1) is 0 Å². The van der Waals surface area contributed by atoms with E-state index in [9.17, 15) is 4.79 Å². The van der Waals surface area contributed by atoms with Crippen molar-refractivity contribution >= 4 is 11.6 Å². The summed E-state index contributed by atoms with van der Waals surface area (Å²) in [6, 6.07) is 13.5. The molecule has 0 radical (unpaired) electrons. The Kier molecular flexibility index (Phi) is 3.99. The minimum atomic E-state index is -0.454. The van der Waals surface area contributed by atoms with Crippen molar-refractivity contribution in [2.75, 3.05) is 19.5 Å². The summed E-state index contributed by atoms with van der Waals surface area (Å²) in [5.74, 6) is 1.36. The van der Waals surface area contributed by atoms with Crippen LogP contribution < -0.4 is 14.8 Å². The number of amides is 1. The van der Waals surface area contributed by atoms with Crippen LogP contribution in [0.1, 0.15) is 24.0 Å². The summed E-state index contributed by atoms with van der Waals surface area (Å²) in [5, 5.41) is 3.03. The van der Waals surface area contributed by atoms with Crippen LogP contribution in [0.25, 0.3) is 0 Å². The van der Waals surface area contributed by atoms with Gasteiger partial charge < -0.3 is 14.8 Å². The number of nitrogens with one attached hydrogen (secondary N) is 1. The molecule has 1 amide bonds. The molecular weight excluding hydrogens is 290 g/mol. The molecular formula is C19H21NO3. The van der Waals surface area contributed by atoms with Crippen molar-refractivity contribution in [2.24, 2.45) is 0 Å². The number of methoxy groups -OCH3 is 2. The van der Waals surface area contributed by atoms with Gasteiger partial charge in [0, 0.05) is 5.69 Å². The monoisotopic (exact) mass is 311 g/mol. The molecule has 1 aliphatic carbocycles. The quantitative estimate of drug-likeness (QED) is 0.916. The molecule has 3 rings (SSSR count). The summed E-state index contributed by atoms with van der Waals surface area (Å²) in [6.45, 7) is 2.03. The lowest BCUT2D eigenvalue weighted by molar-refractivity contribution is -0.118. The zero-order valence-electron chi connectivity index (χ0n) is 13.7. The first kappa shape index (κ1) is 15.4. The zero-order chi connectivity index (χ0) is 16.4. The van der Waals surface area contributed by atoms with E-state index in [-0.39, 0.29) is 5.91 Å². The van der Waals surface area contributed by atoms with Crippen molar-refractivity contribution in [3.8, 4) is 11.5 Å². The van der Waals surface area contributed by atoms with Crippen LogP contribution >= 0.6 is 0 Å². The summed E-state index contributed by atoms with van der Waals surface area (Å²) < 4.78 is 10.6. The van der Waals surface area contributed by atoms with Gasteiger partial charge in [0.1, 0.15) is 0 Å². The predicted molar refractivity (Wildman–Crippen MR) is 90.3 cm³/mol. The number of aryl methyl sites for hydroxylation is 1. The third-order valence-corrected chi connectivity index (χ3v) is 4.43. The molecule has 2 aromatic carbocycles. The minimum absolute atomic E-state index is 0.0357. The molecule has 4 nitrogen and oxygen atoms in total. The van der Waals surface area contributed by atoms with Crippen LogP contribution in [0, 0.1) is 6.92 Å². The van der Waals surface area contributed by atoms with Crippen LogP contribution in [0.15, 0.2) is 42.5 Å². The summed E-state index contributed by atoms with van der Waals surface area (Å²) in [4.78, 5) is 12.8. The predicted octanol–water partition coefficient (Wildman–Crippen LogP) is 3.68. The maximum atomic E-state index is 12.8. The fraction of sp³-hybridized carbons (Fsp3) is 0.316. The fourth-order valence-electron chi connectivity index (χ4n) is 2.79. The maximum Gasteiger partial charge on any atom is 0.235 e. The van der Waals surface area contributed by atoms with E-state index in [0.717, 1.165) is 24.1 Å². The number of hydrogen-bond acceptors (Lipinski definition) is 3. The summed E-state index contributed by atoms with van der Waals surface area (Å²) in [5.41, 5.74) is 2.51. The number of rotatable bonds is 5. The molecule has 120 valence electrons. The normalized spacial score (nSPS) is 14.9. The molecule has 23 heavy (non-hydrogen) atoms. The van der Waals surface area contributed by atoms with Gasteiger partial charge in [0.15, 0.2) is 11.5 Å². The Morgan fingerprint density at radius 1 is 1.00 bits per heavy atom. The van der Waals surface area contributed by atoms with Gasteiger partial charge in [0.25, 0.3) is 0 Å². The first-order valence-electron chi connectivity index (χ1n) is 7.70. The second-order valence-electron chi connectivity index (χ2n) is 5.97. The van der Waals surface area contributed by atoms with E-state index >= 15 is 0 Å². The summed E-state index contributed by atoms with van der Waals surface area (Å²) in [7, 11) is 3.21. The van der Waals surface area contributed by atoms with Crippen molar-refractivity contribution in [3.63, 3.8) is 0 Å². The van der Waals surface area contributed by atoms with Gasteiger partial charge in [-0.3, -0.25) is 4.79 Å². The van der Waals surface area contributed by atoms with Crippen LogP contribution in [-0.2, 0) is 10.2 Å². The van der Waals surface area contributed by atoms with Crippen LogP contribution in [-0.4, -0.2) is 20.1 Å². The molecule has 0 unspecified atom stereocenters. The number of anilines is 1. The molecule has 2 aromatic rings. The second-order valence-corrected chi connectivity index (χ2v) is 5.97. The standard InChI is InChI=1S/C19H21NO3/c1-13-4-7-15(8-5-13)20-18(21)19(10-11-19)14-6-9-16(22-2)17(12-14)23-3/h4-9,12H,10-11H2,1-3H3,(H,20,21). The number of carbonyl (C=O) groups excluding carboxylic acids is 1. The van der Waals surface area contributed by atoms with Gasteiger partial charge in [-0.25, -0.2) is 0 Å². The average Bonchev–Trinajstić information content (AvgIpc) is 3.38. The summed E-state index contributed by atoms with van der Waals surface area (Å²) >= 11 is 0. The molecule has 0 saturated heterocycles. The van der Waals surface area contributed by atoms with Crippen molar-refractivity contribution in [3.05, 3.63) is 53.6 Å². The second kappa shape index (κ2) is 5.95. The molecule has 1 N–H and O–H groups in total. The van der Waals surface area contributed by atoms with Gasteiger partial charge >= 0.3 is 0 Å². The van der Waals surface area contributed by atoms with E-state index in [1.54, 1.807) is 14.2 Å². The van der Waals surface area contributed by atoms with E-state index in [0.29, 0.717) is 11.5 Å². The highest BCUT2D eigenvalue weighted by Crippen LogP contribution is 2.50. The Balaban J connectivity index is 1.84. The maximum absolute atomic E-state index is 12.8. The lowest BCUT2D eigenvalue weighted by Gasteiger charge is -2.18. The van der Waals surface area contributed by atoms with Crippen LogP contribution in [0.3, 0.4) is 0 Å². The first-order valence-corrected chi connectivity index (χ1v) is 7.70. The lowest BCUT2D eigenvalue weighted by atomic mass is 9.94. The molecule has 0 spiro atoms. The van der Waals surface area contributed by atoms with Gasteiger partial charge in [0.2, 0.25) is 5.91 Å². The topological polar surface area (TPSA) is 47.6 Å². The Morgan fingerprint density at radius 3 is 2.22 bits per heavy atom. The highest BCUT2D eigenvalue weighted by molar-refractivity contribution is 6.01. The van der Waals surface area contributed by atoms with E-state index < -0.39 is 5.41 Å². The average molecular weight is 311 g/mol. The Bertz CT molecular complexity index is 718. The van der Waals surface area contributed by atoms with Crippen molar-refractivity contribution in [1.29, 1.82) is 0 Å². The number of ether oxygens (including phenoxy) is 2. The number of benzene rings is 2. The van der Waals surface area contributed by atoms with Gasteiger partial charge in [0.05, 0.1) is 19.6 Å². The smallest absolute Gasteiger partial charge is 0.235 e. The van der Waals surface area contributed by atoms with Crippen molar-refractivity contribution in [1.82, 2.24) is 0 Å². The van der Waals surface area contributed by atoms with E-state index in [1.807, 2.05) is 49.4 Å². The molecule has 1 saturated carbocycles. The van der Waals surface area contributed by atoms with Crippen LogP contribution in [0.2, 0.25) is 0 Å². The van der Waals surface area contributed by atoms with Crippen molar-refractivity contribution in [2.45, 2.75) is 25.2 Å². The van der Waals surface area contributed by atoms with Gasteiger partial charge in [-0.2, -0.15) is 0 Å². The third kappa shape index (κ3) is 2.89. The lowest BCUT2D eigenvalue weighted by Crippen LogP contribution is -2.27. The third-order valence-electron chi connectivity index (χ3n) is 4.43. The zero-order valence-corrected chi connectivity index (χ0v) is 13.7. The highest BCUT2D eigenvalue weighted by Gasteiger charge is 2.51. The van der Waals surface area contributed by atoms with Crippen LogP contribution in [0.4, 0.5) is 5.69 Å². The fourth-order valence-corrected chi connectivity index (χ4v) is 2.79. The number of hydrogen-bond donors (Lipinski definition) is 1. The van der Waals surface area contributed by atoms with Gasteiger partial charge in [-0.1, -0.05) is 23.8 Å². The van der Waals surface area contributed by atoms with Crippen LogP contribution in [0.5, 0.6) is 11.5 Å². The van der Waals surface area contributed by atoms with E-state index in [4.69, 9.17) is 9.47 Å². The van der Waals surface area contributed by atoms with Crippen molar-refractivity contribution < 1.29 is 14.3 Å². The molecule has 1 fully saturated rings. The van der Waals surface area contributed by atoms with Gasteiger partial charge in [-0.05, 0) is 49.6 Å².